The lowest BCUT2D eigenvalue weighted by Gasteiger charge is -2.06. The number of rotatable bonds is 3. The maximum absolute atomic E-state index is 10.5. The van der Waals surface area contributed by atoms with Crippen molar-refractivity contribution in [2.75, 3.05) is 7.11 Å². The molecule has 1 aromatic carbocycles. The Labute approximate surface area is 145 Å². The topological polar surface area (TPSA) is 59.7 Å². The smallest absolute Gasteiger partial charge is 0.222 e. The van der Waals surface area contributed by atoms with Crippen molar-refractivity contribution in [2.45, 2.75) is 6.92 Å². The Kier molecular flexibility index (Phi) is 3.61. The van der Waals surface area contributed by atoms with Crippen LogP contribution in [0.5, 0.6) is 11.6 Å². The van der Waals surface area contributed by atoms with E-state index in [0.717, 1.165) is 22.3 Å². The molecule has 25 heavy (non-hydrogen) atoms. The van der Waals surface area contributed by atoms with Crippen LogP contribution in [0.3, 0.4) is 0 Å². The van der Waals surface area contributed by atoms with Crippen LogP contribution in [-0.4, -0.2) is 26.6 Å². The van der Waals surface area contributed by atoms with E-state index in [2.05, 4.69) is 4.98 Å². The highest BCUT2D eigenvalue weighted by atomic mass is 16.5. The molecule has 0 amide bonds. The van der Waals surface area contributed by atoms with Gasteiger partial charge in [-0.1, -0.05) is 18.2 Å². The lowest BCUT2D eigenvalue weighted by Crippen LogP contribution is -1.91. The SMILES string of the molecule is COc1ncccc1-c1nc(-c2cccc(C)c2O)n2ccccc12. The maximum atomic E-state index is 10.5. The third kappa shape index (κ3) is 2.41. The van der Waals surface area contributed by atoms with Gasteiger partial charge in [0.1, 0.15) is 17.3 Å². The summed E-state index contributed by atoms with van der Waals surface area (Å²) in [6.07, 6.45) is 3.62. The zero-order chi connectivity index (χ0) is 17.4. The largest absolute Gasteiger partial charge is 0.507 e. The molecule has 0 aliphatic carbocycles. The van der Waals surface area contributed by atoms with Crippen molar-refractivity contribution in [3.05, 3.63) is 66.5 Å². The Morgan fingerprint density at radius 2 is 1.84 bits per heavy atom. The number of aromatic nitrogens is 3. The number of fused-ring (bicyclic) bond motifs is 1. The first-order valence-corrected chi connectivity index (χ1v) is 7.96. The van der Waals surface area contributed by atoms with Crippen molar-refractivity contribution in [2.24, 2.45) is 0 Å². The first-order valence-electron chi connectivity index (χ1n) is 7.96. The highest BCUT2D eigenvalue weighted by Crippen LogP contribution is 2.37. The maximum Gasteiger partial charge on any atom is 0.222 e. The number of hydrogen-bond acceptors (Lipinski definition) is 4. The van der Waals surface area contributed by atoms with Crippen LogP contribution in [0.1, 0.15) is 5.56 Å². The predicted molar refractivity (Wildman–Crippen MR) is 96.8 cm³/mol. The number of methoxy groups -OCH3 is 1. The number of phenolic OH excluding ortho intramolecular Hbond substituents is 1. The van der Waals surface area contributed by atoms with Gasteiger partial charge in [0.25, 0.3) is 0 Å². The fourth-order valence-electron chi connectivity index (χ4n) is 3.00. The van der Waals surface area contributed by atoms with Gasteiger partial charge in [-0.15, -0.1) is 0 Å². The third-order valence-corrected chi connectivity index (χ3v) is 4.25. The van der Waals surface area contributed by atoms with Crippen molar-refractivity contribution < 1.29 is 9.84 Å². The van der Waals surface area contributed by atoms with Crippen LogP contribution in [0.25, 0.3) is 28.2 Å². The minimum Gasteiger partial charge on any atom is -0.507 e. The minimum absolute atomic E-state index is 0.239. The quantitative estimate of drug-likeness (QED) is 0.614. The number of imidazole rings is 1. The average molecular weight is 331 g/mol. The van der Waals surface area contributed by atoms with Gasteiger partial charge in [0.05, 0.1) is 23.8 Å². The summed E-state index contributed by atoms with van der Waals surface area (Å²) in [6, 6.07) is 15.3. The second kappa shape index (κ2) is 5.94. The molecule has 5 heteroatoms. The number of hydrogen-bond donors (Lipinski definition) is 1. The van der Waals surface area contributed by atoms with Crippen LogP contribution in [-0.2, 0) is 0 Å². The number of phenols is 1. The van der Waals surface area contributed by atoms with Gasteiger partial charge < -0.3 is 9.84 Å². The Hall–Kier alpha value is -3.34. The number of nitrogens with zero attached hydrogens (tertiary/aromatic N) is 3. The molecular formula is C20H17N3O2. The standard InChI is InChI=1S/C20H17N3O2/c1-13-7-5-8-15(18(13)24)19-22-17(16-10-3-4-12-23(16)19)14-9-6-11-21-20(14)25-2/h3-12,24H,1-2H3. The van der Waals surface area contributed by atoms with Crippen molar-refractivity contribution in [1.29, 1.82) is 0 Å². The molecule has 0 fully saturated rings. The van der Waals surface area contributed by atoms with E-state index in [-0.39, 0.29) is 5.75 Å². The molecule has 124 valence electrons. The third-order valence-electron chi connectivity index (χ3n) is 4.25. The predicted octanol–water partition coefficient (Wildman–Crippen LogP) is 4.09. The van der Waals surface area contributed by atoms with Crippen LogP contribution in [0.15, 0.2) is 60.9 Å². The number of para-hydroxylation sites is 1. The molecule has 3 aromatic heterocycles. The van der Waals surface area contributed by atoms with E-state index in [1.165, 1.54) is 0 Å². The molecule has 0 aliphatic heterocycles. The summed E-state index contributed by atoms with van der Waals surface area (Å²) >= 11 is 0. The fraction of sp³-hybridized carbons (Fsp3) is 0.100. The molecule has 3 heterocycles. The number of pyridine rings is 2. The molecule has 0 aliphatic rings. The second-order valence-electron chi connectivity index (χ2n) is 5.77. The minimum atomic E-state index is 0.239. The van der Waals surface area contributed by atoms with Crippen LogP contribution in [0, 0.1) is 6.92 Å². The van der Waals surface area contributed by atoms with E-state index < -0.39 is 0 Å². The number of benzene rings is 1. The summed E-state index contributed by atoms with van der Waals surface area (Å²) in [5.74, 6) is 1.44. The Balaban J connectivity index is 2.04. The van der Waals surface area contributed by atoms with E-state index >= 15 is 0 Å². The van der Waals surface area contributed by atoms with Gasteiger partial charge in [-0.2, -0.15) is 0 Å². The van der Waals surface area contributed by atoms with Gasteiger partial charge in [-0.05, 0) is 42.8 Å². The van der Waals surface area contributed by atoms with E-state index in [0.29, 0.717) is 17.3 Å². The fourth-order valence-corrected chi connectivity index (χ4v) is 3.00. The molecule has 0 saturated carbocycles. The van der Waals surface area contributed by atoms with Crippen LogP contribution in [0.4, 0.5) is 0 Å². The molecule has 5 nitrogen and oxygen atoms in total. The number of aromatic hydroxyl groups is 1. The highest BCUT2D eigenvalue weighted by Gasteiger charge is 2.19. The van der Waals surface area contributed by atoms with Gasteiger partial charge >= 0.3 is 0 Å². The summed E-state index contributed by atoms with van der Waals surface area (Å²) in [5, 5.41) is 10.5. The molecule has 0 radical (unpaired) electrons. The zero-order valence-corrected chi connectivity index (χ0v) is 14.0. The molecule has 0 saturated heterocycles. The summed E-state index contributed by atoms with van der Waals surface area (Å²) in [6.45, 7) is 1.87. The summed E-state index contributed by atoms with van der Waals surface area (Å²) in [7, 11) is 1.59. The Morgan fingerprint density at radius 1 is 1.00 bits per heavy atom. The molecule has 4 aromatic rings. The Bertz CT molecular complexity index is 1070. The van der Waals surface area contributed by atoms with E-state index in [4.69, 9.17) is 9.72 Å². The molecule has 0 bridgehead atoms. The van der Waals surface area contributed by atoms with Crippen LogP contribution >= 0.6 is 0 Å². The molecular weight excluding hydrogens is 314 g/mol. The van der Waals surface area contributed by atoms with Gasteiger partial charge in [0.2, 0.25) is 5.88 Å². The van der Waals surface area contributed by atoms with Gasteiger partial charge in [0.15, 0.2) is 0 Å². The summed E-state index contributed by atoms with van der Waals surface area (Å²) < 4.78 is 7.37. The molecule has 0 unspecified atom stereocenters. The van der Waals surface area contributed by atoms with Gasteiger partial charge in [0, 0.05) is 12.4 Å². The summed E-state index contributed by atoms with van der Waals surface area (Å²) in [5.41, 5.74) is 4.00. The van der Waals surface area contributed by atoms with Crippen molar-refractivity contribution in [3.63, 3.8) is 0 Å². The van der Waals surface area contributed by atoms with Gasteiger partial charge in [-0.25, -0.2) is 9.97 Å². The lowest BCUT2D eigenvalue weighted by atomic mass is 10.1. The van der Waals surface area contributed by atoms with Crippen molar-refractivity contribution in [3.8, 4) is 34.3 Å². The van der Waals surface area contributed by atoms with Crippen LogP contribution < -0.4 is 4.74 Å². The highest BCUT2D eigenvalue weighted by molar-refractivity contribution is 5.84. The average Bonchev–Trinajstić information content (AvgIpc) is 3.03. The molecule has 4 rings (SSSR count). The molecule has 1 N–H and O–H groups in total. The Morgan fingerprint density at radius 3 is 2.68 bits per heavy atom. The molecule has 0 atom stereocenters. The first-order chi connectivity index (χ1) is 12.2. The van der Waals surface area contributed by atoms with Crippen molar-refractivity contribution in [1.82, 2.24) is 14.4 Å². The lowest BCUT2D eigenvalue weighted by molar-refractivity contribution is 0.399. The second-order valence-corrected chi connectivity index (χ2v) is 5.77. The van der Waals surface area contributed by atoms with Crippen LogP contribution in [0.2, 0.25) is 0 Å². The number of ether oxygens (including phenoxy) is 1. The zero-order valence-electron chi connectivity index (χ0n) is 14.0. The van der Waals surface area contributed by atoms with Gasteiger partial charge in [-0.3, -0.25) is 4.40 Å². The number of aryl methyl sites for hydroxylation is 1. The normalized spacial score (nSPS) is 11.0. The monoisotopic (exact) mass is 331 g/mol. The summed E-state index contributed by atoms with van der Waals surface area (Å²) in [4.78, 5) is 9.10. The van der Waals surface area contributed by atoms with E-state index in [9.17, 15) is 5.11 Å². The van der Waals surface area contributed by atoms with E-state index in [1.54, 1.807) is 13.3 Å². The molecule has 0 spiro atoms. The van der Waals surface area contributed by atoms with Crippen molar-refractivity contribution >= 4 is 5.52 Å². The van der Waals surface area contributed by atoms with E-state index in [1.807, 2.05) is 66.1 Å². The first kappa shape index (κ1) is 15.2.